The van der Waals surface area contributed by atoms with E-state index in [1.54, 1.807) is 0 Å². The number of nitrogens with one attached hydrogen (secondary N) is 1. The molecule has 0 aromatic carbocycles. The van der Waals surface area contributed by atoms with Gasteiger partial charge >= 0.3 is 0 Å². The van der Waals surface area contributed by atoms with Crippen LogP contribution in [0.15, 0.2) is 12.1 Å². The van der Waals surface area contributed by atoms with Crippen molar-refractivity contribution < 1.29 is 0 Å². The van der Waals surface area contributed by atoms with Gasteiger partial charge in [-0.05, 0) is 51.4 Å². The molecule has 2 aliphatic rings. The number of hydrogen-bond acceptors (Lipinski definition) is 4. The first kappa shape index (κ1) is 13.8. The van der Waals surface area contributed by atoms with E-state index >= 15 is 0 Å². The highest BCUT2D eigenvalue weighted by molar-refractivity contribution is 5.48. The molecular formula is C16H26N4. The second kappa shape index (κ2) is 6.10. The van der Waals surface area contributed by atoms with Crippen LogP contribution in [0.1, 0.15) is 17.8 Å². The highest BCUT2D eigenvalue weighted by Gasteiger charge is 2.22. The smallest absolute Gasteiger partial charge is 0.0403 e. The number of nitrogens with zero attached hydrogens (tertiary/aromatic N) is 3. The van der Waals surface area contributed by atoms with Crippen LogP contribution in [0.5, 0.6) is 0 Å². The maximum atomic E-state index is 4.47. The molecule has 0 saturated carbocycles. The third kappa shape index (κ3) is 3.30. The SMILES string of the molecule is Cc1cc(N2CCN(CC3CCNC3)CC2)cc(C)n1. The van der Waals surface area contributed by atoms with E-state index in [-0.39, 0.29) is 0 Å². The molecule has 3 heterocycles. The maximum Gasteiger partial charge on any atom is 0.0403 e. The summed E-state index contributed by atoms with van der Waals surface area (Å²) < 4.78 is 0. The zero-order valence-corrected chi connectivity index (χ0v) is 12.7. The molecule has 1 aromatic heterocycles. The second-order valence-electron chi connectivity index (χ2n) is 6.25. The van der Waals surface area contributed by atoms with Gasteiger partial charge in [0.25, 0.3) is 0 Å². The van der Waals surface area contributed by atoms with E-state index in [1.165, 1.54) is 44.8 Å². The number of anilines is 1. The van der Waals surface area contributed by atoms with Gasteiger partial charge in [-0.25, -0.2) is 0 Å². The lowest BCUT2D eigenvalue weighted by Crippen LogP contribution is -2.48. The Morgan fingerprint density at radius 2 is 1.85 bits per heavy atom. The Morgan fingerprint density at radius 3 is 2.45 bits per heavy atom. The molecule has 0 spiro atoms. The summed E-state index contributed by atoms with van der Waals surface area (Å²) in [4.78, 5) is 9.61. The Kier molecular flexibility index (Phi) is 4.22. The fourth-order valence-corrected chi connectivity index (χ4v) is 3.42. The lowest BCUT2D eigenvalue weighted by Gasteiger charge is -2.37. The molecule has 0 amide bonds. The zero-order valence-electron chi connectivity index (χ0n) is 12.7. The van der Waals surface area contributed by atoms with E-state index in [9.17, 15) is 0 Å². The predicted molar refractivity (Wildman–Crippen MR) is 83.3 cm³/mol. The van der Waals surface area contributed by atoms with Gasteiger partial charge in [-0.3, -0.25) is 9.88 Å². The number of rotatable bonds is 3. The third-order valence-corrected chi connectivity index (χ3v) is 4.48. The van der Waals surface area contributed by atoms with Gasteiger partial charge in [0, 0.05) is 49.8 Å². The first-order valence-corrected chi connectivity index (χ1v) is 7.84. The van der Waals surface area contributed by atoms with Crippen LogP contribution >= 0.6 is 0 Å². The number of pyridine rings is 1. The van der Waals surface area contributed by atoms with Crippen molar-refractivity contribution in [1.29, 1.82) is 0 Å². The van der Waals surface area contributed by atoms with Crippen LogP contribution in [0.25, 0.3) is 0 Å². The van der Waals surface area contributed by atoms with Gasteiger partial charge in [0.1, 0.15) is 0 Å². The average molecular weight is 274 g/mol. The Hall–Kier alpha value is -1.13. The van der Waals surface area contributed by atoms with Crippen LogP contribution in [0.4, 0.5) is 5.69 Å². The molecule has 110 valence electrons. The van der Waals surface area contributed by atoms with Crippen molar-refractivity contribution in [2.75, 3.05) is 50.7 Å². The minimum Gasteiger partial charge on any atom is -0.369 e. The minimum atomic E-state index is 0.868. The van der Waals surface area contributed by atoms with E-state index in [4.69, 9.17) is 0 Å². The molecule has 20 heavy (non-hydrogen) atoms. The summed E-state index contributed by atoms with van der Waals surface area (Å²) in [5.74, 6) is 0.868. The Morgan fingerprint density at radius 1 is 1.15 bits per heavy atom. The van der Waals surface area contributed by atoms with Gasteiger partial charge in [0.2, 0.25) is 0 Å². The molecule has 4 nitrogen and oxygen atoms in total. The number of hydrogen-bond donors (Lipinski definition) is 1. The molecular weight excluding hydrogens is 248 g/mol. The summed E-state index contributed by atoms with van der Waals surface area (Å²) >= 11 is 0. The van der Waals surface area contributed by atoms with Crippen LogP contribution in [0, 0.1) is 19.8 Å². The normalized spacial score (nSPS) is 24.3. The van der Waals surface area contributed by atoms with Crippen molar-refractivity contribution in [2.24, 2.45) is 5.92 Å². The highest BCUT2D eigenvalue weighted by atomic mass is 15.3. The predicted octanol–water partition coefficient (Wildman–Crippen LogP) is 1.43. The summed E-state index contributed by atoms with van der Waals surface area (Å²) in [5, 5.41) is 3.46. The first-order valence-electron chi connectivity index (χ1n) is 7.84. The fourth-order valence-electron chi connectivity index (χ4n) is 3.42. The van der Waals surface area contributed by atoms with Gasteiger partial charge < -0.3 is 10.2 Å². The fraction of sp³-hybridized carbons (Fsp3) is 0.688. The van der Waals surface area contributed by atoms with Gasteiger partial charge in [-0.1, -0.05) is 0 Å². The lowest BCUT2D eigenvalue weighted by molar-refractivity contribution is 0.224. The van der Waals surface area contributed by atoms with Crippen molar-refractivity contribution in [3.05, 3.63) is 23.5 Å². The third-order valence-electron chi connectivity index (χ3n) is 4.48. The molecule has 1 atom stereocenters. The van der Waals surface area contributed by atoms with Crippen LogP contribution < -0.4 is 10.2 Å². The Labute approximate surface area is 122 Å². The quantitative estimate of drug-likeness (QED) is 0.903. The second-order valence-corrected chi connectivity index (χ2v) is 6.25. The first-order chi connectivity index (χ1) is 9.70. The van der Waals surface area contributed by atoms with Crippen LogP contribution in [-0.2, 0) is 0 Å². The van der Waals surface area contributed by atoms with E-state index in [1.807, 2.05) is 0 Å². The lowest BCUT2D eigenvalue weighted by atomic mass is 10.1. The van der Waals surface area contributed by atoms with Crippen molar-refractivity contribution in [2.45, 2.75) is 20.3 Å². The van der Waals surface area contributed by atoms with Crippen molar-refractivity contribution in [1.82, 2.24) is 15.2 Å². The average Bonchev–Trinajstić information content (AvgIpc) is 2.91. The Balaban J connectivity index is 1.55. The number of piperazine rings is 1. The number of aromatic nitrogens is 1. The van der Waals surface area contributed by atoms with E-state index < -0.39 is 0 Å². The van der Waals surface area contributed by atoms with E-state index in [0.717, 1.165) is 30.4 Å². The van der Waals surface area contributed by atoms with E-state index in [0.29, 0.717) is 0 Å². The zero-order chi connectivity index (χ0) is 13.9. The van der Waals surface area contributed by atoms with Crippen LogP contribution in [-0.4, -0.2) is 55.7 Å². The summed E-state index contributed by atoms with van der Waals surface area (Å²) in [6.45, 7) is 12.5. The molecule has 2 aliphatic heterocycles. The summed E-state index contributed by atoms with van der Waals surface area (Å²) in [7, 11) is 0. The maximum absolute atomic E-state index is 4.47. The van der Waals surface area contributed by atoms with Crippen LogP contribution in [0.2, 0.25) is 0 Å². The molecule has 2 saturated heterocycles. The van der Waals surface area contributed by atoms with Gasteiger partial charge in [-0.15, -0.1) is 0 Å². The summed E-state index contributed by atoms with van der Waals surface area (Å²) in [6.07, 6.45) is 1.35. The largest absolute Gasteiger partial charge is 0.369 e. The highest BCUT2D eigenvalue weighted by Crippen LogP contribution is 2.19. The molecule has 0 aliphatic carbocycles. The van der Waals surface area contributed by atoms with Crippen molar-refractivity contribution in [3.8, 4) is 0 Å². The van der Waals surface area contributed by atoms with Gasteiger partial charge in [-0.2, -0.15) is 0 Å². The van der Waals surface area contributed by atoms with Crippen molar-refractivity contribution >= 4 is 5.69 Å². The molecule has 0 radical (unpaired) electrons. The van der Waals surface area contributed by atoms with Gasteiger partial charge in [0.05, 0.1) is 0 Å². The summed E-state index contributed by atoms with van der Waals surface area (Å²) in [6, 6.07) is 4.42. The monoisotopic (exact) mass is 274 g/mol. The van der Waals surface area contributed by atoms with Crippen molar-refractivity contribution in [3.63, 3.8) is 0 Å². The van der Waals surface area contributed by atoms with E-state index in [2.05, 4.69) is 46.1 Å². The molecule has 4 heteroatoms. The molecule has 2 fully saturated rings. The topological polar surface area (TPSA) is 31.4 Å². The molecule has 0 bridgehead atoms. The minimum absolute atomic E-state index is 0.868. The summed E-state index contributed by atoms with van der Waals surface area (Å²) in [5.41, 5.74) is 3.59. The standard InChI is InChI=1S/C16H26N4/c1-13-9-16(10-14(2)18-13)20-7-5-19(6-8-20)12-15-3-4-17-11-15/h9-10,15,17H,3-8,11-12H2,1-2H3. The molecule has 1 unspecified atom stereocenters. The Bertz CT molecular complexity index is 426. The molecule has 1 aromatic rings. The molecule has 3 rings (SSSR count). The van der Waals surface area contributed by atoms with Gasteiger partial charge in [0.15, 0.2) is 0 Å². The molecule has 1 N–H and O–H groups in total. The number of aryl methyl sites for hydroxylation is 2. The van der Waals surface area contributed by atoms with Crippen LogP contribution in [0.3, 0.4) is 0 Å².